The van der Waals surface area contributed by atoms with Gasteiger partial charge in [0.15, 0.2) is 0 Å². The van der Waals surface area contributed by atoms with Crippen molar-refractivity contribution in [3.8, 4) is 0 Å². The predicted molar refractivity (Wildman–Crippen MR) is 75.4 cm³/mol. The summed E-state index contributed by atoms with van der Waals surface area (Å²) in [5.74, 6) is -2.91. The molecule has 0 bridgehead atoms. The van der Waals surface area contributed by atoms with Crippen LogP contribution >= 0.6 is 27.3 Å². The van der Waals surface area contributed by atoms with Gasteiger partial charge in [0.05, 0.1) is 16.2 Å². The fraction of sp³-hybridized carbons (Fsp3) is 0.615. The van der Waals surface area contributed by atoms with E-state index in [1.54, 1.807) is 0 Å². The van der Waals surface area contributed by atoms with Crippen molar-refractivity contribution in [2.45, 2.75) is 38.4 Å². The summed E-state index contributed by atoms with van der Waals surface area (Å²) < 4.78 is 39.7. The number of hydrogen-bond donors (Lipinski definition) is 1. The van der Waals surface area contributed by atoms with Gasteiger partial charge in [-0.05, 0) is 40.9 Å². The Bertz CT molecular complexity index is 474. The molecule has 20 heavy (non-hydrogen) atoms. The Kier molecular flexibility index (Phi) is 5.12. The molecule has 0 aliphatic heterocycles. The fourth-order valence-corrected chi connectivity index (χ4v) is 4.01. The van der Waals surface area contributed by atoms with E-state index in [0.717, 1.165) is 8.66 Å². The molecule has 2 unspecified atom stereocenters. The van der Waals surface area contributed by atoms with E-state index in [9.17, 15) is 18.0 Å². The summed E-state index contributed by atoms with van der Waals surface area (Å²) in [5, 5.41) is 2.63. The van der Waals surface area contributed by atoms with Gasteiger partial charge in [0.1, 0.15) is 0 Å². The minimum Gasteiger partial charge on any atom is -0.351 e. The number of rotatable bonds is 3. The first kappa shape index (κ1) is 15.8. The molecule has 1 amide bonds. The van der Waals surface area contributed by atoms with Crippen molar-refractivity contribution in [2.75, 3.05) is 0 Å². The number of halogens is 4. The van der Waals surface area contributed by atoms with Crippen LogP contribution in [-0.4, -0.2) is 12.1 Å². The van der Waals surface area contributed by atoms with Crippen LogP contribution in [0.5, 0.6) is 0 Å². The van der Waals surface area contributed by atoms with Crippen molar-refractivity contribution >= 4 is 33.2 Å². The highest BCUT2D eigenvalue weighted by molar-refractivity contribution is 9.11. The Morgan fingerprint density at radius 2 is 2.05 bits per heavy atom. The van der Waals surface area contributed by atoms with Crippen LogP contribution in [0.3, 0.4) is 0 Å². The van der Waals surface area contributed by atoms with Crippen LogP contribution in [0.2, 0.25) is 0 Å². The maximum absolute atomic E-state index is 12.9. The van der Waals surface area contributed by atoms with Gasteiger partial charge in [-0.2, -0.15) is 13.2 Å². The summed E-state index contributed by atoms with van der Waals surface area (Å²) in [7, 11) is 0. The molecule has 2 atom stereocenters. The molecule has 0 saturated heterocycles. The van der Waals surface area contributed by atoms with Gasteiger partial charge >= 0.3 is 6.18 Å². The van der Waals surface area contributed by atoms with Gasteiger partial charge in [-0.25, -0.2) is 0 Å². The third kappa shape index (κ3) is 3.97. The Balaban J connectivity index is 1.96. The summed E-state index contributed by atoms with van der Waals surface area (Å²) in [6, 6.07) is 3.70. The molecule has 2 nitrogen and oxygen atoms in total. The lowest BCUT2D eigenvalue weighted by Crippen LogP contribution is -2.42. The van der Waals surface area contributed by atoms with Crippen LogP contribution in [0, 0.1) is 11.8 Å². The minimum atomic E-state index is -4.28. The van der Waals surface area contributed by atoms with Crippen LogP contribution in [0.25, 0.3) is 0 Å². The molecule has 1 saturated carbocycles. The number of carbonyl (C=O) groups excluding carboxylic acids is 1. The Morgan fingerprint density at radius 3 is 2.65 bits per heavy atom. The van der Waals surface area contributed by atoms with Crippen LogP contribution in [0.15, 0.2) is 15.9 Å². The van der Waals surface area contributed by atoms with Gasteiger partial charge in [0, 0.05) is 10.8 Å². The molecule has 0 radical (unpaired) electrons. The molecule has 0 spiro atoms. The smallest absolute Gasteiger partial charge is 0.351 e. The van der Waals surface area contributed by atoms with E-state index in [1.165, 1.54) is 11.3 Å². The second-order valence-corrected chi connectivity index (χ2v) is 7.51. The monoisotopic (exact) mass is 369 g/mol. The van der Waals surface area contributed by atoms with Gasteiger partial charge in [0.25, 0.3) is 0 Å². The number of thiophene rings is 1. The van der Waals surface area contributed by atoms with E-state index in [0.29, 0.717) is 19.3 Å². The van der Waals surface area contributed by atoms with E-state index < -0.39 is 23.9 Å². The van der Waals surface area contributed by atoms with Crippen molar-refractivity contribution in [2.24, 2.45) is 11.8 Å². The van der Waals surface area contributed by atoms with E-state index >= 15 is 0 Å². The Morgan fingerprint density at radius 1 is 1.35 bits per heavy atom. The summed E-state index contributed by atoms with van der Waals surface area (Å²) in [6.07, 6.45) is -2.66. The molecule has 1 fully saturated rings. The number of hydrogen-bond acceptors (Lipinski definition) is 2. The van der Waals surface area contributed by atoms with Gasteiger partial charge < -0.3 is 5.32 Å². The molecule has 1 aromatic heterocycles. The fourth-order valence-electron chi connectivity index (χ4n) is 2.59. The predicted octanol–water partition coefficient (Wildman–Crippen LogP) is 4.50. The minimum absolute atomic E-state index is 0.0616. The van der Waals surface area contributed by atoms with Crippen molar-refractivity contribution in [1.82, 2.24) is 5.32 Å². The van der Waals surface area contributed by atoms with Crippen LogP contribution in [-0.2, 0) is 11.3 Å². The second-order valence-electron chi connectivity index (χ2n) is 4.96. The molecule has 112 valence electrons. The van der Waals surface area contributed by atoms with Crippen LogP contribution in [0.1, 0.15) is 30.6 Å². The maximum atomic E-state index is 12.9. The first-order valence-corrected chi connectivity index (χ1v) is 8.07. The highest BCUT2D eigenvalue weighted by atomic mass is 79.9. The molecule has 7 heteroatoms. The van der Waals surface area contributed by atoms with Gasteiger partial charge in [0.2, 0.25) is 5.91 Å². The second kappa shape index (κ2) is 6.47. The standard InChI is InChI=1S/C13H15BrF3NOS/c14-11-6-5-8(20-11)7-18-12(19)9-3-1-2-4-10(9)13(15,16)17/h5-6,9-10H,1-4,7H2,(H,18,19). The number of amides is 1. The Hall–Kier alpha value is -0.560. The van der Waals surface area contributed by atoms with Crippen molar-refractivity contribution < 1.29 is 18.0 Å². The molecule has 2 rings (SSSR count). The average molecular weight is 370 g/mol. The van der Waals surface area contributed by atoms with Gasteiger partial charge in [-0.1, -0.05) is 12.8 Å². The largest absolute Gasteiger partial charge is 0.392 e. The lowest BCUT2D eigenvalue weighted by atomic mass is 9.78. The topological polar surface area (TPSA) is 29.1 Å². The molecule has 1 aliphatic rings. The highest BCUT2D eigenvalue weighted by Gasteiger charge is 2.47. The van der Waals surface area contributed by atoms with Crippen molar-refractivity contribution in [3.63, 3.8) is 0 Å². The van der Waals surface area contributed by atoms with E-state index in [4.69, 9.17) is 0 Å². The van der Waals surface area contributed by atoms with E-state index in [-0.39, 0.29) is 13.0 Å². The van der Waals surface area contributed by atoms with E-state index in [1.807, 2.05) is 12.1 Å². The zero-order chi connectivity index (χ0) is 14.8. The number of alkyl halides is 3. The summed E-state index contributed by atoms with van der Waals surface area (Å²) in [6.45, 7) is 0.288. The summed E-state index contributed by atoms with van der Waals surface area (Å²) >= 11 is 4.77. The first-order valence-electron chi connectivity index (χ1n) is 6.46. The summed E-state index contributed by atoms with van der Waals surface area (Å²) in [4.78, 5) is 12.9. The quantitative estimate of drug-likeness (QED) is 0.834. The van der Waals surface area contributed by atoms with Gasteiger partial charge in [-0.15, -0.1) is 11.3 Å². The normalized spacial score (nSPS) is 23.6. The zero-order valence-electron chi connectivity index (χ0n) is 10.7. The van der Waals surface area contributed by atoms with Gasteiger partial charge in [-0.3, -0.25) is 4.79 Å². The molecular formula is C13H15BrF3NOS. The maximum Gasteiger partial charge on any atom is 0.392 e. The number of nitrogens with one attached hydrogen (secondary N) is 1. The molecule has 0 aromatic carbocycles. The lowest BCUT2D eigenvalue weighted by Gasteiger charge is -2.31. The first-order chi connectivity index (χ1) is 9.38. The van der Waals surface area contributed by atoms with Crippen LogP contribution in [0.4, 0.5) is 13.2 Å². The number of carbonyl (C=O) groups is 1. The summed E-state index contributed by atoms with van der Waals surface area (Å²) in [5.41, 5.74) is 0. The van der Waals surface area contributed by atoms with Crippen molar-refractivity contribution in [3.05, 3.63) is 20.8 Å². The molecule has 1 aliphatic carbocycles. The third-order valence-electron chi connectivity index (χ3n) is 3.59. The van der Waals surface area contributed by atoms with Crippen molar-refractivity contribution in [1.29, 1.82) is 0 Å². The lowest BCUT2D eigenvalue weighted by molar-refractivity contribution is -0.198. The SMILES string of the molecule is O=C(NCc1ccc(Br)s1)C1CCCCC1C(F)(F)F. The molecule has 1 aromatic rings. The zero-order valence-corrected chi connectivity index (χ0v) is 13.1. The Labute approximate surface area is 127 Å². The highest BCUT2D eigenvalue weighted by Crippen LogP contribution is 2.41. The average Bonchev–Trinajstić information content (AvgIpc) is 2.81. The van der Waals surface area contributed by atoms with E-state index in [2.05, 4.69) is 21.2 Å². The molecule has 1 N–H and O–H groups in total. The van der Waals surface area contributed by atoms with Crippen LogP contribution < -0.4 is 5.32 Å². The molecular weight excluding hydrogens is 355 g/mol. The molecule has 1 heterocycles. The third-order valence-corrected chi connectivity index (χ3v) is 5.21.